The van der Waals surface area contributed by atoms with Crippen LogP contribution in [-0.2, 0) is 0 Å². The van der Waals surface area contributed by atoms with Crippen LogP contribution < -0.4 is 5.73 Å². The SMILES string of the molecule is Cc1cc(C)c(C(N)=O)c(-c2cccc([C@H](C)N3CCCC3)c2)n1. The molecule has 1 aliphatic heterocycles. The molecule has 0 saturated carbocycles. The van der Waals surface area contributed by atoms with Gasteiger partial charge in [-0.25, -0.2) is 0 Å². The molecule has 0 bridgehead atoms. The third-order valence-electron chi connectivity index (χ3n) is 4.92. The zero-order valence-corrected chi connectivity index (χ0v) is 14.7. The highest BCUT2D eigenvalue weighted by molar-refractivity contribution is 6.00. The second kappa shape index (κ2) is 6.73. The fraction of sp³-hybridized carbons (Fsp3) is 0.400. The normalized spacial score (nSPS) is 16.3. The predicted molar refractivity (Wildman–Crippen MR) is 96.9 cm³/mol. The number of hydrogen-bond acceptors (Lipinski definition) is 3. The molecule has 2 aromatic rings. The molecule has 1 saturated heterocycles. The van der Waals surface area contributed by atoms with Gasteiger partial charge in [-0.1, -0.05) is 18.2 Å². The summed E-state index contributed by atoms with van der Waals surface area (Å²) >= 11 is 0. The summed E-state index contributed by atoms with van der Waals surface area (Å²) in [5.41, 5.74) is 10.8. The van der Waals surface area contributed by atoms with Gasteiger partial charge in [-0.15, -0.1) is 0 Å². The second-order valence-electron chi connectivity index (χ2n) is 6.71. The van der Waals surface area contributed by atoms with E-state index in [9.17, 15) is 4.79 Å². The second-order valence-corrected chi connectivity index (χ2v) is 6.71. The Morgan fingerprint density at radius 2 is 1.92 bits per heavy atom. The average molecular weight is 323 g/mol. The van der Waals surface area contributed by atoms with Crippen molar-refractivity contribution in [2.45, 2.75) is 39.7 Å². The molecule has 1 atom stereocenters. The Hall–Kier alpha value is -2.20. The molecule has 4 heteroatoms. The van der Waals surface area contributed by atoms with Crippen LogP contribution in [0.5, 0.6) is 0 Å². The molecular weight excluding hydrogens is 298 g/mol. The van der Waals surface area contributed by atoms with E-state index >= 15 is 0 Å². The summed E-state index contributed by atoms with van der Waals surface area (Å²) in [6, 6.07) is 10.6. The Labute approximate surface area is 143 Å². The van der Waals surface area contributed by atoms with Crippen molar-refractivity contribution in [1.29, 1.82) is 0 Å². The van der Waals surface area contributed by atoms with Crippen molar-refractivity contribution in [3.8, 4) is 11.3 Å². The first kappa shape index (κ1) is 16.7. The Bertz CT molecular complexity index is 763. The minimum atomic E-state index is -0.423. The molecule has 0 spiro atoms. The molecule has 1 amide bonds. The summed E-state index contributed by atoms with van der Waals surface area (Å²) in [4.78, 5) is 19.0. The van der Waals surface area contributed by atoms with Crippen molar-refractivity contribution in [2.24, 2.45) is 5.73 Å². The minimum Gasteiger partial charge on any atom is -0.366 e. The summed E-state index contributed by atoms with van der Waals surface area (Å²) in [6.07, 6.45) is 2.54. The largest absolute Gasteiger partial charge is 0.366 e. The van der Waals surface area contributed by atoms with Crippen molar-refractivity contribution in [3.63, 3.8) is 0 Å². The number of benzene rings is 1. The van der Waals surface area contributed by atoms with Gasteiger partial charge in [0, 0.05) is 17.3 Å². The lowest BCUT2D eigenvalue weighted by Crippen LogP contribution is -2.23. The monoisotopic (exact) mass is 323 g/mol. The first-order chi connectivity index (χ1) is 11.5. The number of rotatable bonds is 4. The molecule has 0 aliphatic carbocycles. The van der Waals surface area contributed by atoms with E-state index in [0.29, 0.717) is 17.3 Å². The van der Waals surface area contributed by atoms with Crippen LogP contribution in [0.2, 0.25) is 0 Å². The van der Waals surface area contributed by atoms with Gasteiger partial charge < -0.3 is 5.73 Å². The van der Waals surface area contributed by atoms with E-state index in [-0.39, 0.29) is 0 Å². The molecule has 1 aromatic heterocycles. The topological polar surface area (TPSA) is 59.2 Å². The van der Waals surface area contributed by atoms with E-state index in [4.69, 9.17) is 5.73 Å². The van der Waals surface area contributed by atoms with Crippen molar-refractivity contribution in [2.75, 3.05) is 13.1 Å². The molecular formula is C20H25N3O. The molecule has 1 aromatic carbocycles. The number of pyridine rings is 1. The maximum absolute atomic E-state index is 11.9. The van der Waals surface area contributed by atoms with Gasteiger partial charge >= 0.3 is 0 Å². The fourth-order valence-electron chi connectivity index (χ4n) is 3.64. The van der Waals surface area contributed by atoms with Crippen LogP contribution in [0.25, 0.3) is 11.3 Å². The zero-order valence-electron chi connectivity index (χ0n) is 14.7. The average Bonchev–Trinajstić information content (AvgIpc) is 3.07. The lowest BCUT2D eigenvalue weighted by molar-refractivity contribution is 0.1000. The van der Waals surface area contributed by atoms with E-state index in [0.717, 1.165) is 29.9 Å². The van der Waals surface area contributed by atoms with Gasteiger partial charge in [-0.05, 0) is 70.0 Å². The van der Waals surface area contributed by atoms with Crippen LogP contribution >= 0.6 is 0 Å². The molecule has 2 heterocycles. The van der Waals surface area contributed by atoms with Crippen LogP contribution in [0, 0.1) is 13.8 Å². The predicted octanol–water partition coefficient (Wildman–Crippen LogP) is 3.62. The summed E-state index contributed by atoms with van der Waals surface area (Å²) in [5.74, 6) is -0.423. The van der Waals surface area contributed by atoms with E-state index in [1.54, 1.807) is 0 Å². The minimum absolute atomic E-state index is 0.371. The summed E-state index contributed by atoms with van der Waals surface area (Å²) < 4.78 is 0. The Kier molecular flexibility index (Phi) is 4.67. The van der Waals surface area contributed by atoms with Crippen LogP contribution in [-0.4, -0.2) is 28.9 Å². The van der Waals surface area contributed by atoms with Crippen LogP contribution in [0.1, 0.15) is 53.0 Å². The number of primary amides is 1. The highest BCUT2D eigenvalue weighted by Crippen LogP contribution is 2.30. The lowest BCUT2D eigenvalue weighted by Gasteiger charge is -2.24. The highest BCUT2D eigenvalue weighted by Gasteiger charge is 2.21. The highest BCUT2D eigenvalue weighted by atomic mass is 16.1. The van der Waals surface area contributed by atoms with Crippen LogP contribution in [0.4, 0.5) is 0 Å². The molecule has 4 nitrogen and oxygen atoms in total. The molecule has 1 aliphatic rings. The Balaban J connectivity index is 2.04. The third-order valence-corrected chi connectivity index (χ3v) is 4.92. The molecule has 0 radical (unpaired) electrons. The number of hydrogen-bond donors (Lipinski definition) is 1. The van der Waals surface area contributed by atoms with Gasteiger partial charge in [0.25, 0.3) is 5.91 Å². The zero-order chi connectivity index (χ0) is 17.3. The van der Waals surface area contributed by atoms with E-state index < -0.39 is 5.91 Å². The number of nitrogens with zero attached hydrogens (tertiary/aromatic N) is 2. The van der Waals surface area contributed by atoms with Gasteiger partial charge in [0.1, 0.15) is 0 Å². The third kappa shape index (κ3) is 3.20. The number of likely N-dealkylation sites (tertiary alicyclic amines) is 1. The maximum atomic E-state index is 11.9. The molecule has 126 valence electrons. The first-order valence-electron chi connectivity index (χ1n) is 8.60. The van der Waals surface area contributed by atoms with Gasteiger partial charge in [-0.3, -0.25) is 14.7 Å². The molecule has 1 fully saturated rings. The van der Waals surface area contributed by atoms with Gasteiger partial charge in [-0.2, -0.15) is 0 Å². The number of carbonyl (C=O) groups is 1. The van der Waals surface area contributed by atoms with Crippen LogP contribution in [0.3, 0.4) is 0 Å². The standard InChI is InChI=1S/C20H25N3O/c1-13-11-14(2)22-19(18(13)20(21)24)17-8-6-7-16(12-17)15(3)23-9-4-5-10-23/h6-8,11-12,15H,4-5,9-10H2,1-3H3,(H2,21,24)/t15-/m0/s1. The molecule has 2 N–H and O–H groups in total. The van der Waals surface area contributed by atoms with Crippen LogP contribution in [0.15, 0.2) is 30.3 Å². The maximum Gasteiger partial charge on any atom is 0.251 e. The van der Waals surface area contributed by atoms with E-state index in [2.05, 4.69) is 28.9 Å². The molecule has 24 heavy (non-hydrogen) atoms. The Morgan fingerprint density at radius 1 is 1.21 bits per heavy atom. The number of aromatic nitrogens is 1. The van der Waals surface area contributed by atoms with E-state index in [1.807, 2.05) is 32.0 Å². The van der Waals surface area contributed by atoms with E-state index in [1.165, 1.54) is 18.4 Å². The quantitative estimate of drug-likeness (QED) is 0.935. The smallest absolute Gasteiger partial charge is 0.251 e. The van der Waals surface area contributed by atoms with Crippen molar-refractivity contribution < 1.29 is 4.79 Å². The summed E-state index contributed by atoms with van der Waals surface area (Å²) in [6.45, 7) is 8.40. The number of amides is 1. The fourth-order valence-corrected chi connectivity index (χ4v) is 3.64. The van der Waals surface area contributed by atoms with Gasteiger partial charge in [0.2, 0.25) is 0 Å². The van der Waals surface area contributed by atoms with Gasteiger partial charge in [0.05, 0.1) is 11.3 Å². The van der Waals surface area contributed by atoms with Crippen molar-refractivity contribution in [3.05, 3.63) is 52.7 Å². The number of nitrogens with two attached hydrogens (primary N) is 1. The summed E-state index contributed by atoms with van der Waals surface area (Å²) in [5, 5.41) is 0. The molecule has 0 unspecified atom stereocenters. The first-order valence-corrected chi connectivity index (χ1v) is 8.60. The summed E-state index contributed by atoms with van der Waals surface area (Å²) in [7, 11) is 0. The van der Waals surface area contributed by atoms with Crippen molar-refractivity contribution >= 4 is 5.91 Å². The lowest BCUT2D eigenvalue weighted by atomic mass is 9.97. The molecule has 3 rings (SSSR count). The van der Waals surface area contributed by atoms with Gasteiger partial charge in [0.15, 0.2) is 0 Å². The number of aryl methyl sites for hydroxylation is 2. The number of carbonyl (C=O) groups excluding carboxylic acids is 1. The Morgan fingerprint density at radius 3 is 2.58 bits per heavy atom. The van der Waals surface area contributed by atoms with Crippen molar-refractivity contribution in [1.82, 2.24) is 9.88 Å².